The van der Waals surface area contributed by atoms with Crippen LogP contribution < -0.4 is 0 Å². The van der Waals surface area contributed by atoms with E-state index in [-0.39, 0.29) is 40.9 Å². The van der Waals surface area contributed by atoms with Gasteiger partial charge in [0.1, 0.15) is 0 Å². The number of carbonyl (C=O) groups is 1. The molecule has 1 aliphatic heterocycles. The average molecular weight is 872 g/mol. The first-order chi connectivity index (χ1) is 27.5. The van der Waals surface area contributed by atoms with E-state index < -0.39 is 22.6 Å². The Morgan fingerprint density at radius 1 is 0.966 bits per heavy atom. The molecule has 1 aromatic heterocycles. The van der Waals surface area contributed by atoms with Gasteiger partial charge in [-0.2, -0.15) is 0 Å². The second-order valence-corrected chi connectivity index (χ2v) is 33.1. The number of allylic oxidation sites excluding steroid dienone is 3. The van der Waals surface area contributed by atoms with E-state index >= 15 is 0 Å². The van der Waals surface area contributed by atoms with E-state index in [1.165, 1.54) is 42.6 Å². The summed E-state index contributed by atoms with van der Waals surface area (Å²) in [4.78, 5) is 18.2. The van der Waals surface area contributed by atoms with E-state index in [2.05, 4.69) is 101 Å². The first-order valence-electron chi connectivity index (χ1n) is 23.6. The van der Waals surface area contributed by atoms with Crippen LogP contribution in [0.2, 0.25) is 36.3 Å². The zero-order valence-electron chi connectivity index (χ0n) is 39.8. The van der Waals surface area contributed by atoms with Crippen molar-refractivity contribution in [2.75, 3.05) is 13.2 Å². The van der Waals surface area contributed by atoms with Gasteiger partial charge in [0.05, 0.1) is 35.9 Å². The Labute approximate surface area is 366 Å². The van der Waals surface area contributed by atoms with Crippen molar-refractivity contribution in [3.8, 4) is 0 Å². The molecule has 0 bridgehead atoms. The molecule has 0 amide bonds. The molecule has 1 saturated heterocycles. The summed E-state index contributed by atoms with van der Waals surface area (Å²) in [6.45, 7) is 32.2. The van der Waals surface area contributed by atoms with Gasteiger partial charge in [-0.1, -0.05) is 91.5 Å². The minimum Gasteiger partial charge on any atom is -0.481 e. The summed E-state index contributed by atoms with van der Waals surface area (Å²) < 4.78 is 26.0. The lowest BCUT2D eigenvalue weighted by Crippen LogP contribution is -2.48. The van der Waals surface area contributed by atoms with Crippen molar-refractivity contribution >= 4 is 33.9 Å². The number of fused-ring (bicyclic) bond motifs is 1. The lowest BCUT2D eigenvalue weighted by atomic mass is 9.60. The third kappa shape index (κ3) is 12.7. The fourth-order valence-corrected chi connectivity index (χ4v) is 14.4. The first kappa shape index (κ1) is 48.9. The summed E-state index contributed by atoms with van der Waals surface area (Å²) in [5, 5.41) is 11.2. The molecule has 0 spiro atoms. The third-order valence-corrected chi connectivity index (χ3v) is 26.4. The smallest absolute Gasteiger partial charge is 0.304 e. The fourth-order valence-electron chi connectivity index (χ4n) is 10.5. The number of aryl methyl sites for hydroxylation is 1. The van der Waals surface area contributed by atoms with Crippen molar-refractivity contribution in [1.82, 2.24) is 4.98 Å². The maximum absolute atomic E-state index is 12.1. The average Bonchev–Trinajstić information content (AvgIpc) is 3.68. The minimum absolute atomic E-state index is 0.0394. The van der Waals surface area contributed by atoms with Gasteiger partial charge in [-0.25, -0.2) is 4.98 Å². The lowest BCUT2D eigenvalue weighted by molar-refractivity contribution is -0.161. The monoisotopic (exact) mass is 872 g/mol. The van der Waals surface area contributed by atoms with Crippen LogP contribution in [-0.2, 0) is 29.5 Å². The van der Waals surface area contributed by atoms with Crippen LogP contribution in [0.15, 0.2) is 23.3 Å². The maximum Gasteiger partial charge on any atom is 0.304 e. The molecule has 3 aliphatic carbocycles. The zero-order chi connectivity index (χ0) is 43.4. The van der Waals surface area contributed by atoms with Gasteiger partial charge in [-0.15, -0.1) is 11.3 Å². The highest BCUT2D eigenvalue weighted by molar-refractivity contribution is 7.11. The first-order valence-corrected chi connectivity index (χ1v) is 30.3. The summed E-state index contributed by atoms with van der Waals surface area (Å²) in [5.74, 6) is 1.18. The van der Waals surface area contributed by atoms with Gasteiger partial charge in [0.25, 0.3) is 0 Å². The van der Waals surface area contributed by atoms with E-state index in [0.29, 0.717) is 29.8 Å². The van der Waals surface area contributed by atoms with Crippen LogP contribution in [0.4, 0.5) is 0 Å². The summed E-state index contributed by atoms with van der Waals surface area (Å²) in [5.41, 5.74) is 4.52. The number of ether oxygens (including phenoxy) is 2. The largest absolute Gasteiger partial charge is 0.481 e. The van der Waals surface area contributed by atoms with Gasteiger partial charge < -0.3 is 23.4 Å². The highest BCUT2D eigenvalue weighted by Gasteiger charge is 2.51. The van der Waals surface area contributed by atoms with E-state index in [9.17, 15) is 9.90 Å². The molecule has 336 valence electrons. The number of thiazole rings is 1. The van der Waals surface area contributed by atoms with Crippen molar-refractivity contribution in [1.29, 1.82) is 0 Å². The zero-order valence-corrected chi connectivity index (χ0v) is 42.6. The molecule has 2 unspecified atom stereocenters. The molecular weight excluding hydrogens is 787 g/mol. The molecule has 0 aromatic carbocycles. The lowest BCUT2D eigenvalue weighted by Gasteiger charge is -2.45. The number of aromatic nitrogens is 1. The van der Waals surface area contributed by atoms with Crippen LogP contribution in [0.5, 0.6) is 0 Å². The number of aliphatic carboxylic acids is 1. The van der Waals surface area contributed by atoms with Gasteiger partial charge in [0.2, 0.25) is 0 Å². The van der Waals surface area contributed by atoms with Crippen LogP contribution >= 0.6 is 11.3 Å². The molecule has 2 heterocycles. The topological polar surface area (TPSA) is 87.1 Å². The van der Waals surface area contributed by atoms with Gasteiger partial charge in [0, 0.05) is 23.8 Å². The third-order valence-electron chi connectivity index (χ3n) is 16.0. The molecule has 8 atom stereocenters. The molecule has 4 fully saturated rings. The number of carboxylic acid groups (broad SMARTS) is 1. The summed E-state index contributed by atoms with van der Waals surface area (Å²) in [6, 6.07) is 0. The Morgan fingerprint density at radius 3 is 2.22 bits per heavy atom. The van der Waals surface area contributed by atoms with Gasteiger partial charge in [-0.05, 0) is 143 Å². The number of hydrogen-bond acceptors (Lipinski definition) is 7. The Morgan fingerprint density at radius 2 is 1.63 bits per heavy atom. The molecule has 0 radical (unpaired) electrons. The van der Waals surface area contributed by atoms with Crippen LogP contribution in [0.1, 0.15) is 173 Å². The van der Waals surface area contributed by atoms with E-state index in [4.69, 9.17) is 23.3 Å². The number of nitrogens with zero attached hydrogens (tertiary/aromatic N) is 1. The van der Waals surface area contributed by atoms with Crippen molar-refractivity contribution < 1.29 is 28.2 Å². The van der Waals surface area contributed by atoms with Crippen molar-refractivity contribution in [3.05, 3.63) is 38.9 Å². The fraction of sp³-hybridized carbons (Fsp3) is 0.837. The summed E-state index contributed by atoms with van der Waals surface area (Å²) in [6.07, 6.45) is 22.1. The van der Waals surface area contributed by atoms with Crippen LogP contribution in [0.3, 0.4) is 0 Å². The summed E-state index contributed by atoms with van der Waals surface area (Å²) >= 11 is 1.70. The van der Waals surface area contributed by atoms with Gasteiger partial charge in [-0.3, -0.25) is 4.79 Å². The minimum atomic E-state index is -1.92. The second kappa shape index (κ2) is 20.1. The van der Waals surface area contributed by atoms with Crippen molar-refractivity contribution in [2.24, 2.45) is 23.2 Å². The van der Waals surface area contributed by atoms with Crippen LogP contribution in [-0.4, -0.2) is 64.4 Å². The normalized spacial score (nSPS) is 29.1. The molecule has 59 heavy (non-hydrogen) atoms. The number of hydrogen-bond donors (Lipinski definition) is 1. The highest BCUT2D eigenvalue weighted by atomic mass is 32.1. The molecular formula is C49H85NO6SSi2. The standard InChI is InChI=1S/C49H85NO6SSi2/c1-34(18-16-19-38(32-44(51)52)46-50-35(2)43(57-46)26-29-54-45-21-14-15-28-53-45)41-24-25-42-37(20-17-27-49(41,42)9)23-22-36-30-39(55-58(10,11)47(3,4)5)33-40(31-36)56-59(12,13)48(6,7)8/h22-23,34,38-42,45H,14-21,24-33H2,1-13H3,(H,51,52)/b37-23+/t34-,38?,39-,40-,41-,42+,45?,49-/m1/s1. The van der Waals surface area contributed by atoms with Crippen LogP contribution in [0, 0.1) is 30.1 Å². The molecule has 7 nitrogen and oxygen atoms in total. The Hall–Kier alpha value is -1.15. The summed E-state index contributed by atoms with van der Waals surface area (Å²) in [7, 11) is -3.85. The van der Waals surface area contributed by atoms with E-state index in [0.717, 1.165) is 81.5 Å². The van der Waals surface area contributed by atoms with Gasteiger partial charge in [0.15, 0.2) is 22.9 Å². The van der Waals surface area contributed by atoms with E-state index in [1.54, 1.807) is 16.9 Å². The Balaban J connectivity index is 1.22. The molecule has 1 aromatic rings. The highest BCUT2D eigenvalue weighted by Crippen LogP contribution is 2.60. The predicted octanol–water partition coefficient (Wildman–Crippen LogP) is 13.9. The van der Waals surface area contributed by atoms with Crippen molar-refractivity contribution in [2.45, 2.75) is 226 Å². The molecule has 4 aliphatic rings. The van der Waals surface area contributed by atoms with Gasteiger partial charge >= 0.3 is 5.97 Å². The molecule has 5 rings (SSSR count). The predicted molar refractivity (Wildman–Crippen MR) is 250 cm³/mol. The molecule has 3 saturated carbocycles. The Bertz CT molecular complexity index is 1560. The second-order valence-electron chi connectivity index (χ2n) is 22.5. The van der Waals surface area contributed by atoms with E-state index in [1.807, 2.05) is 0 Å². The Kier molecular flexibility index (Phi) is 16.7. The number of carboxylic acids is 1. The van der Waals surface area contributed by atoms with Crippen molar-refractivity contribution in [3.63, 3.8) is 0 Å². The number of rotatable bonds is 17. The molecule has 1 N–H and O–H groups in total. The maximum atomic E-state index is 12.1. The van der Waals surface area contributed by atoms with Crippen LogP contribution in [0.25, 0.3) is 0 Å². The SMILES string of the molecule is Cc1nc(C(CCC[C@@H](C)[C@H]2CC[C@H]3/C(=C/C=C4C[C@@H](O[Si](C)(C)C(C)(C)C)C[C@H](O[Si](C)(C)C(C)(C)C)C4)CCC[C@]23C)CC(=O)O)sc1CCOC1CCCCO1. The quantitative estimate of drug-likeness (QED) is 0.156. The molecule has 10 heteroatoms.